The molecule has 2 rings (SSSR count). The SMILES string of the molecule is CCNC(=NCC(O)c1cccc(OC)c1)N(C)CCOCC1CC1.I. The van der Waals surface area contributed by atoms with Crippen molar-refractivity contribution in [2.45, 2.75) is 25.9 Å². The predicted octanol–water partition coefficient (Wildman–Crippen LogP) is 2.67. The van der Waals surface area contributed by atoms with Gasteiger partial charge in [0.25, 0.3) is 0 Å². The van der Waals surface area contributed by atoms with Gasteiger partial charge in [0.2, 0.25) is 0 Å². The topological polar surface area (TPSA) is 66.3 Å². The van der Waals surface area contributed by atoms with E-state index in [9.17, 15) is 5.11 Å². The Morgan fingerprint density at radius 2 is 2.19 bits per heavy atom. The van der Waals surface area contributed by atoms with Gasteiger partial charge in [-0.05, 0) is 43.4 Å². The second-order valence-electron chi connectivity index (χ2n) is 6.43. The molecule has 0 heterocycles. The highest BCUT2D eigenvalue weighted by atomic mass is 127. The third kappa shape index (κ3) is 8.09. The van der Waals surface area contributed by atoms with Crippen molar-refractivity contribution in [1.29, 1.82) is 0 Å². The number of hydrogen-bond acceptors (Lipinski definition) is 4. The summed E-state index contributed by atoms with van der Waals surface area (Å²) in [7, 11) is 3.60. The summed E-state index contributed by atoms with van der Waals surface area (Å²) in [6.45, 7) is 5.44. The van der Waals surface area contributed by atoms with E-state index in [0.717, 1.165) is 42.9 Å². The van der Waals surface area contributed by atoms with Gasteiger partial charge in [-0.3, -0.25) is 4.99 Å². The van der Waals surface area contributed by atoms with Gasteiger partial charge in [-0.25, -0.2) is 0 Å². The van der Waals surface area contributed by atoms with Crippen LogP contribution in [0.5, 0.6) is 5.75 Å². The Bertz CT molecular complexity index is 553. The van der Waals surface area contributed by atoms with Crippen LogP contribution in [0.3, 0.4) is 0 Å². The Morgan fingerprint density at radius 1 is 1.42 bits per heavy atom. The first-order chi connectivity index (χ1) is 12.1. The van der Waals surface area contributed by atoms with Crippen LogP contribution < -0.4 is 10.1 Å². The number of likely N-dealkylation sites (N-methyl/N-ethyl adjacent to an activating group) is 1. The fourth-order valence-corrected chi connectivity index (χ4v) is 2.44. The zero-order valence-corrected chi connectivity index (χ0v) is 18.3. The smallest absolute Gasteiger partial charge is 0.193 e. The molecule has 1 saturated carbocycles. The summed E-state index contributed by atoms with van der Waals surface area (Å²) in [5.41, 5.74) is 0.800. The number of nitrogens with zero attached hydrogens (tertiary/aromatic N) is 2. The quantitative estimate of drug-likeness (QED) is 0.235. The van der Waals surface area contributed by atoms with Crippen LogP contribution >= 0.6 is 24.0 Å². The lowest BCUT2D eigenvalue weighted by molar-refractivity contribution is 0.115. The standard InChI is InChI=1S/C19H31N3O3.HI/c1-4-20-19(22(2)10-11-25-14-15-8-9-15)21-13-18(23)16-6-5-7-17(12-16)24-3;/h5-7,12,15,18,23H,4,8-11,13-14H2,1-3H3,(H,20,21);1H. The summed E-state index contributed by atoms with van der Waals surface area (Å²) in [5, 5.41) is 13.6. The van der Waals surface area contributed by atoms with E-state index in [1.807, 2.05) is 43.1 Å². The Balaban J connectivity index is 0.00000338. The number of halogens is 1. The fourth-order valence-electron chi connectivity index (χ4n) is 2.44. The number of benzene rings is 1. The molecule has 6 nitrogen and oxygen atoms in total. The Morgan fingerprint density at radius 3 is 2.85 bits per heavy atom. The van der Waals surface area contributed by atoms with E-state index < -0.39 is 6.10 Å². The van der Waals surface area contributed by atoms with Crippen LogP contribution in [-0.2, 0) is 4.74 Å². The van der Waals surface area contributed by atoms with E-state index in [-0.39, 0.29) is 24.0 Å². The van der Waals surface area contributed by atoms with Crippen molar-refractivity contribution in [2.24, 2.45) is 10.9 Å². The summed E-state index contributed by atoms with van der Waals surface area (Å²) in [5.74, 6) is 2.29. The molecule has 0 bridgehead atoms. The lowest BCUT2D eigenvalue weighted by atomic mass is 10.1. The van der Waals surface area contributed by atoms with Gasteiger partial charge in [0.05, 0.1) is 26.4 Å². The van der Waals surface area contributed by atoms with Gasteiger partial charge >= 0.3 is 0 Å². The number of aliphatic hydroxyl groups is 1. The summed E-state index contributed by atoms with van der Waals surface area (Å²) in [4.78, 5) is 6.59. The number of aliphatic imine (C=N–C) groups is 1. The molecular formula is C19H32IN3O3. The lowest BCUT2D eigenvalue weighted by Gasteiger charge is -2.22. The zero-order chi connectivity index (χ0) is 18.1. The molecule has 2 N–H and O–H groups in total. The molecule has 0 saturated heterocycles. The zero-order valence-electron chi connectivity index (χ0n) is 16.0. The van der Waals surface area contributed by atoms with Crippen molar-refractivity contribution in [3.63, 3.8) is 0 Å². The van der Waals surface area contributed by atoms with E-state index in [1.165, 1.54) is 12.8 Å². The van der Waals surface area contributed by atoms with Crippen molar-refractivity contribution in [3.05, 3.63) is 29.8 Å². The molecule has 7 heteroatoms. The minimum atomic E-state index is -0.664. The normalized spacial score (nSPS) is 15.2. The minimum Gasteiger partial charge on any atom is -0.497 e. The lowest BCUT2D eigenvalue weighted by Crippen LogP contribution is -2.40. The summed E-state index contributed by atoms with van der Waals surface area (Å²) in [6.07, 6.45) is 1.95. The van der Waals surface area contributed by atoms with Crippen LogP contribution in [0.4, 0.5) is 0 Å². The molecule has 0 radical (unpaired) electrons. The molecule has 1 aromatic rings. The Kier molecular flexibility index (Phi) is 10.9. The van der Waals surface area contributed by atoms with E-state index in [4.69, 9.17) is 9.47 Å². The Hall–Kier alpha value is -1.06. The number of ether oxygens (including phenoxy) is 2. The molecule has 26 heavy (non-hydrogen) atoms. The molecule has 0 amide bonds. The van der Waals surface area contributed by atoms with Crippen molar-refractivity contribution in [1.82, 2.24) is 10.2 Å². The van der Waals surface area contributed by atoms with Gasteiger partial charge in [-0.1, -0.05) is 12.1 Å². The maximum Gasteiger partial charge on any atom is 0.193 e. The highest BCUT2D eigenvalue weighted by molar-refractivity contribution is 14.0. The number of methoxy groups -OCH3 is 1. The average Bonchev–Trinajstić information content (AvgIpc) is 3.46. The third-order valence-electron chi connectivity index (χ3n) is 4.21. The number of aliphatic hydroxyl groups excluding tert-OH is 1. The first-order valence-corrected chi connectivity index (χ1v) is 9.03. The molecule has 148 valence electrons. The molecule has 1 aliphatic rings. The van der Waals surface area contributed by atoms with Crippen LogP contribution in [0.1, 0.15) is 31.4 Å². The van der Waals surface area contributed by atoms with Crippen LogP contribution in [0, 0.1) is 5.92 Å². The van der Waals surface area contributed by atoms with Crippen molar-refractivity contribution >= 4 is 29.9 Å². The predicted molar refractivity (Wildman–Crippen MR) is 116 cm³/mol. The molecule has 1 atom stereocenters. The van der Waals surface area contributed by atoms with Gasteiger partial charge < -0.3 is 24.8 Å². The van der Waals surface area contributed by atoms with Gasteiger partial charge in [-0.2, -0.15) is 0 Å². The summed E-state index contributed by atoms with van der Waals surface area (Å²) < 4.78 is 10.9. The van der Waals surface area contributed by atoms with E-state index >= 15 is 0 Å². The molecule has 1 fully saturated rings. The van der Waals surface area contributed by atoms with Gasteiger partial charge in [0, 0.05) is 26.7 Å². The summed E-state index contributed by atoms with van der Waals surface area (Å²) in [6, 6.07) is 7.45. The first-order valence-electron chi connectivity index (χ1n) is 9.03. The van der Waals surface area contributed by atoms with Gasteiger partial charge in [-0.15, -0.1) is 24.0 Å². The first kappa shape index (κ1) is 23.0. The monoisotopic (exact) mass is 477 g/mol. The Labute approximate surface area is 174 Å². The molecule has 0 aromatic heterocycles. The molecular weight excluding hydrogens is 445 g/mol. The number of guanidine groups is 1. The van der Waals surface area contributed by atoms with E-state index in [1.54, 1.807) is 7.11 Å². The maximum atomic E-state index is 10.4. The highest BCUT2D eigenvalue weighted by Crippen LogP contribution is 2.28. The van der Waals surface area contributed by atoms with Crippen LogP contribution in [0.25, 0.3) is 0 Å². The highest BCUT2D eigenvalue weighted by Gasteiger charge is 2.21. The van der Waals surface area contributed by atoms with Crippen LogP contribution in [-0.4, -0.2) is 63.0 Å². The van der Waals surface area contributed by atoms with E-state index in [0.29, 0.717) is 13.2 Å². The van der Waals surface area contributed by atoms with E-state index in [2.05, 4.69) is 10.3 Å². The van der Waals surface area contributed by atoms with Crippen molar-refractivity contribution in [2.75, 3.05) is 47.0 Å². The molecule has 0 aliphatic heterocycles. The summed E-state index contributed by atoms with van der Waals surface area (Å²) >= 11 is 0. The number of hydrogen-bond donors (Lipinski definition) is 2. The van der Waals surface area contributed by atoms with Gasteiger partial charge in [0.1, 0.15) is 5.75 Å². The fraction of sp³-hybridized carbons (Fsp3) is 0.632. The molecule has 0 spiro atoms. The largest absolute Gasteiger partial charge is 0.497 e. The average molecular weight is 477 g/mol. The third-order valence-corrected chi connectivity index (χ3v) is 4.21. The maximum absolute atomic E-state index is 10.4. The second kappa shape index (κ2) is 12.3. The van der Waals surface area contributed by atoms with Gasteiger partial charge in [0.15, 0.2) is 5.96 Å². The number of rotatable bonds is 10. The molecule has 1 unspecified atom stereocenters. The molecule has 1 aliphatic carbocycles. The van der Waals surface area contributed by atoms with Crippen LogP contribution in [0.15, 0.2) is 29.3 Å². The second-order valence-corrected chi connectivity index (χ2v) is 6.43. The van der Waals surface area contributed by atoms with Crippen molar-refractivity contribution < 1.29 is 14.6 Å². The van der Waals surface area contributed by atoms with Crippen molar-refractivity contribution in [3.8, 4) is 5.75 Å². The van der Waals surface area contributed by atoms with Crippen LogP contribution in [0.2, 0.25) is 0 Å². The molecule has 1 aromatic carbocycles. The number of nitrogens with one attached hydrogen (secondary N) is 1. The minimum absolute atomic E-state index is 0.